The monoisotopic (exact) mass is 296 g/mol. The quantitative estimate of drug-likeness (QED) is 0.617. The van der Waals surface area contributed by atoms with Gasteiger partial charge >= 0.3 is 0 Å². The number of carbonyl (C=O) groups is 1. The molecule has 0 bridgehead atoms. The Morgan fingerprint density at radius 1 is 1.50 bits per heavy atom. The molecule has 1 amide bonds. The molecule has 108 valence electrons. The lowest BCUT2D eigenvalue weighted by molar-refractivity contribution is -0.384. The predicted octanol–water partition coefficient (Wildman–Crippen LogP) is 3.51. The van der Waals surface area contributed by atoms with E-state index in [1.165, 1.54) is 24.6 Å². The maximum atomic E-state index is 12.4. The van der Waals surface area contributed by atoms with Crippen LogP contribution in [0.5, 0.6) is 0 Å². The fourth-order valence-electron chi connectivity index (χ4n) is 2.30. The zero-order valence-corrected chi connectivity index (χ0v) is 12.1. The number of nitro benzene ring substituents is 1. The van der Waals surface area contributed by atoms with Crippen molar-refractivity contribution in [2.75, 3.05) is 13.1 Å². The third-order valence-electron chi connectivity index (χ3n) is 3.77. The van der Waals surface area contributed by atoms with E-state index >= 15 is 0 Å². The lowest BCUT2D eigenvalue weighted by Gasteiger charge is -2.32. The standard InChI is InChI=1S/C14H17ClN2O3/c1-2-16(9-10-4-3-5-10)14(18)12-7-6-11(17(19)20)8-13(12)15/h6-8,10H,2-5,9H2,1H3. The molecule has 0 radical (unpaired) electrons. The van der Waals surface area contributed by atoms with Crippen molar-refractivity contribution in [3.63, 3.8) is 0 Å². The Kier molecular flexibility index (Phi) is 4.60. The lowest BCUT2D eigenvalue weighted by Crippen LogP contribution is -2.37. The Hall–Kier alpha value is -1.62. The Bertz CT molecular complexity index is 529. The van der Waals surface area contributed by atoms with Crippen molar-refractivity contribution in [2.45, 2.75) is 26.2 Å². The predicted molar refractivity (Wildman–Crippen MR) is 77.0 cm³/mol. The van der Waals surface area contributed by atoms with Crippen LogP contribution in [0.1, 0.15) is 36.5 Å². The van der Waals surface area contributed by atoms with Crippen LogP contribution in [0.3, 0.4) is 0 Å². The summed E-state index contributed by atoms with van der Waals surface area (Å²) in [6.07, 6.45) is 3.56. The second-order valence-corrected chi connectivity index (χ2v) is 5.47. The van der Waals surface area contributed by atoms with Crippen LogP contribution in [-0.4, -0.2) is 28.8 Å². The van der Waals surface area contributed by atoms with E-state index < -0.39 is 4.92 Å². The molecule has 0 aliphatic heterocycles. The van der Waals surface area contributed by atoms with Crippen molar-refractivity contribution in [1.82, 2.24) is 4.90 Å². The molecule has 0 saturated heterocycles. The maximum absolute atomic E-state index is 12.4. The summed E-state index contributed by atoms with van der Waals surface area (Å²) in [5.74, 6) is 0.426. The second-order valence-electron chi connectivity index (χ2n) is 5.06. The van der Waals surface area contributed by atoms with Crippen LogP contribution in [0.15, 0.2) is 18.2 Å². The van der Waals surface area contributed by atoms with E-state index in [4.69, 9.17) is 11.6 Å². The fourth-order valence-corrected chi connectivity index (χ4v) is 2.56. The molecule has 6 heteroatoms. The normalized spacial score (nSPS) is 14.7. The van der Waals surface area contributed by atoms with Crippen molar-refractivity contribution in [2.24, 2.45) is 5.92 Å². The molecule has 20 heavy (non-hydrogen) atoms. The summed E-state index contributed by atoms with van der Waals surface area (Å²) in [6, 6.07) is 3.98. The summed E-state index contributed by atoms with van der Waals surface area (Å²) >= 11 is 6.00. The number of nitrogens with zero attached hydrogens (tertiary/aromatic N) is 2. The maximum Gasteiger partial charge on any atom is 0.270 e. The number of non-ortho nitro benzene ring substituents is 1. The van der Waals surface area contributed by atoms with Crippen LogP contribution in [0, 0.1) is 16.0 Å². The van der Waals surface area contributed by atoms with Crippen molar-refractivity contribution >= 4 is 23.2 Å². The topological polar surface area (TPSA) is 63.5 Å². The van der Waals surface area contributed by atoms with Crippen molar-refractivity contribution < 1.29 is 9.72 Å². The van der Waals surface area contributed by atoms with Gasteiger partial charge in [-0.15, -0.1) is 0 Å². The van der Waals surface area contributed by atoms with E-state index in [0.29, 0.717) is 18.0 Å². The summed E-state index contributed by atoms with van der Waals surface area (Å²) in [7, 11) is 0. The van der Waals surface area contributed by atoms with E-state index in [0.717, 1.165) is 19.4 Å². The number of hydrogen-bond acceptors (Lipinski definition) is 3. The highest BCUT2D eigenvalue weighted by Gasteiger charge is 2.25. The Balaban J connectivity index is 2.15. The number of carbonyl (C=O) groups excluding carboxylic acids is 1. The molecule has 1 saturated carbocycles. The summed E-state index contributed by atoms with van der Waals surface area (Å²) in [6.45, 7) is 3.28. The first-order valence-corrected chi connectivity index (χ1v) is 7.14. The molecule has 0 aromatic heterocycles. The van der Waals surface area contributed by atoms with Gasteiger partial charge in [-0.05, 0) is 31.7 Å². The Morgan fingerprint density at radius 3 is 2.65 bits per heavy atom. The van der Waals surface area contributed by atoms with Crippen LogP contribution in [0.4, 0.5) is 5.69 Å². The molecule has 0 atom stereocenters. The third kappa shape index (κ3) is 3.10. The Labute approximate surface area is 122 Å². The molecule has 1 aromatic rings. The zero-order valence-electron chi connectivity index (χ0n) is 11.3. The van der Waals surface area contributed by atoms with Gasteiger partial charge in [0, 0.05) is 25.2 Å². The average molecular weight is 297 g/mol. The van der Waals surface area contributed by atoms with Crippen molar-refractivity contribution in [1.29, 1.82) is 0 Å². The number of halogens is 1. The van der Waals surface area contributed by atoms with Crippen LogP contribution in [0.25, 0.3) is 0 Å². The minimum atomic E-state index is -0.522. The minimum absolute atomic E-state index is 0.103. The lowest BCUT2D eigenvalue weighted by atomic mass is 9.85. The summed E-state index contributed by atoms with van der Waals surface area (Å²) in [5.41, 5.74) is 0.229. The molecule has 1 aromatic carbocycles. The molecule has 2 rings (SSSR count). The molecule has 0 spiro atoms. The van der Waals surface area contributed by atoms with Gasteiger partial charge in [0.05, 0.1) is 15.5 Å². The van der Waals surface area contributed by atoms with Gasteiger partial charge in [-0.25, -0.2) is 0 Å². The number of benzene rings is 1. The SMILES string of the molecule is CCN(CC1CCC1)C(=O)c1ccc([N+](=O)[O-])cc1Cl. The molecule has 0 heterocycles. The van der Waals surface area contributed by atoms with Crippen LogP contribution < -0.4 is 0 Å². The zero-order chi connectivity index (χ0) is 14.7. The second kappa shape index (κ2) is 6.22. The van der Waals surface area contributed by atoms with Crippen molar-refractivity contribution in [3.05, 3.63) is 38.9 Å². The fraction of sp³-hybridized carbons (Fsp3) is 0.500. The van der Waals surface area contributed by atoms with Gasteiger partial charge in [-0.1, -0.05) is 18.0 Å². The molecule has 1 fully saturated rings. The minimum Gasteiger partial charge on any atom is -0.339 e. The number of amides is 1. The first kappa shape index (κ1) is 14.8. The number of nitro groups is 1. The first-order chi connectivity index (χ1) is 9.52. The summed E-state index contributed by atoms with van der Waals surface area (Å²) in [5, 5.41) is 10.8. The highest BCUT2D eigenvalue weighted by atomic mass is 35.5. The smallest absolute Gasteiger partial charge is 0.270 e. The largest absolute Gasteiger partial charge is 0.339 e. The van der Waals surface area contributed by atoms with Gasteiger partial charge in [0.1, 0.15) is 0 Å². The molecule has 1 aliphatic rings. The van der Waals surface area contributed by atoms with Crippen LogP contribution in [-0.2, 0) is 0 Å². The highest BCUT2D eigenvalue weighted by molar-refractivity contribution is 6.34. The van der Waals surface area contributed by atoms with Crippen molar-refractivity contribution in [3.8, 4) is 0 Å². The van der Waals surface area contributed by atoms with Gasteiger partial charge in [0.15, 0.2) is 0 Å². The van der Waals surface area contributed by atoms with E-state index in [1.54, 1.807) is 4.90 Å². The van der Waals surface area contributed by atoms with E-state index in [-0.39, 0.29) is 16.6 Å². The van der Waals surface area contributed by atoms with Gasteiger partial charge in [0.25, 0.3) is 11.6 Å². The molecule has 0 N–H and O–H groups in total. The van der Waals surface area contributed by atoms with E-state index in [2.05, 4.69) is 0 Å². The van der Waals surface area contributed by atoms with Crippen LogP contribution >= 0.6 is 11.6 Å². The van der Waals surface area contributed by atoms with Gasteiger partial charge in [-0.3, -0.25) is 14.9 Å². The van der Waals surface area contributed by atoms with E-state index in [1.807, 2.05) is 6.92 Å². The molecular formula is C14H17ClN2O3. The number of hydrogen-bond donors (Lipinski definition) is 0. The van der Waals surface area contributed by atoms with E-state index in [9.17, 15) is 14.9 Å². The molecule has 1 aliphatic carbocycles. The average Bonchev–Trinajstić information content (AvgIpc) is 2.36. The molecule has 0 unspecified atom stereocenters. The summed E-state index contributed by atoms with van der Waals surface area (Å²) < 4.78 is 0. The Morgan fingerprint density at radius 2 is 2.20 bits per heavy atom. The highest BCUT2D eigenvalue weighted by Crippen LogP contribution is 2.29. The summed E-state index contributed by atoms with van der Waals surface area (Å²) in [4.78, 5) is 24.3. The molecular weight excluding hydrogens is 280 g/mol. The van der Waals surface area contributed by atoms with Gasteiger partial charge in [0.2, 0.25) is 0 Å². The number of rotatable bonds is 5. The van der Waals surface area contributed by atoms with Gasteiger partial charge in [-0.2, -0.15) is 0 Å². The first-order valence-electron chi connectivity index (χ1n) is 6.76. The molecule has 5 nitrogen and oxygen atoms in total. The third-order valence-corrected chi connectivity index (χ3v) is 4.08. The van der Waals surface area contributed by atoms with Crippen LogP contribution in [0.2, 0.25) is 5.02 Å². The van der Waals surface area contributed by atoms with Gasteiger partial charge < -0.3 is 4.90 Å².